The van der Waals surface area contributed by atoms with E-state index in [-0.39, 0.29) is 16.8 Å². The van der Waals surface area contributed by atoms with Gasteiger partial charge in [0.2, 0.25) is 0 Å². The molecule has 0 bridgehead atoms. The molecule has 36 heavy (non-hydrogen) atoms. The van der Waals surface area contributed by atoms with Crippen molar-refractivity contribution in [2.24, 2.45) is 0 Å². The number of rotatable bonds is 5. The fourth-order valence-electron chi connectivity index (χ4n) is 4.33. The number of carbonyl (C=O) groups is 2. The third-order valence-electron chi connectivity index (χ3n) is 5.99. The summed E-state index contributed by atoms with van der Waals surface area (Å²) in [5.74, 6) is -0.909. The Bertz CT molecular complexity index is 1430. The molecule has 1 amide bonds. The van der Waals surface area contributed by atoms with Gasteiger partial charge in [0.25, 0.3) is 17.4 Å². The zero-order valence-corrected chi connectivity index (χ0v) is 19.0. The molecule has 10 nitrogen and oxygen atoms in total. The Kier molecular flexibility index (Phi) is 5.77. The van der Waals surface area contributed by atoms with Gasteiger partial charge in [0, 0.05) is 29.4 Å². The molecular weight excluding hydrogens is 468 g/mol. The number of ketones is 1. The molecule has 0 aromatic heterocycles. The molecule has 1 N–H and O–H groups in total. The molecule has 182 valence electrons. The number of amides is 1. The highest BCUT2D eigenvalue weighted by atomic mass is 16.6. The van der Waals surface area contributed by atoms with Crippen molar-refractivity contribution in [3.63, 3.8) is 0 Å². The smallest absolute Gasteiger partial charge is 0.300 e. The number of fused-ring (bicyclic) bond motifs is 1. The summed E-state index contributed by atoms with van der Waals surface area (Å²) in [6, 6.07) is 15.8. The fraction of sp³-hybridized carbons (Fsp3) is 0.154. The number of Topliss-reactive ketones (excluding diaryl/α,β-unsaturated/α-hetero) is 1. The number of hydrogen-bond acceptors (Lipinski definition) is 8. The largest absolute Gasteiger partial charge is 0.507 e. The van der Waals surface area contributed by atoms with Crippen LogP contribution in [0.3, 0.4) is 0 Å². The molecule has 0 aliphatic carbocycles. The topological polar surface area (TPSA) is 128 Å². The number of hydrogen-bond donors (Lipinski definition) is 1. The minimum atomic E-state index is -1.04. The second-order valence-corrected chi connectivity index (χ2v) is 8.08. The van der Waals surface area contributed by atoms with Crippen molar-refractivity contribution >= 4 is 28.8 Å². The molecule has 1 atom stereocenters. The van der Waals surface area contributed by atoms with Crippen molar-refractivity contribution in [3.05, 3.63) is 93.5 Å². The number of nitro benzene ring substituents is 1. The highest BCUT2D eigenvalue weighted by Gasteiger charge is 2.47. The van der Waals surface area contributed by atoms with Crippen molar-refractivity contribution in [2.75, 3.05) is 25.2 Å². The maximum atomic E-state index is 13.4. The molecule has 5 rings (SSSR count). The summed E-state index contributed by atoms with van der Waals surface area (Å²) in [6.45, 7) is 0.727. The first-order valence-corrected chi connectivity index (χ1v) is 11.0. The SMILES string of the molecule is COc1cccc(C2/C(=C(\O)c3cccc([N+](=O)[O-])c3)C(=O)C(=O)N2c2ccc3c(c2)OCCO3)c1. The van der Waals surface area contributed by atoms with Gasteiger partial charge in [0.15, 0.2) is 11.5 Å². The number of ether oxygens (including phenoxy) is 3. The molecule has 0 spiro atoms. The van der Waals surface area contributed by atoms with E-state index in [1.54, 1.807) is 42.5 Å². The summed E-state index contributed by atoms with van der Waals surface area (Å²) >= 11 is 0. The van der Waals surface area contributed by atoms with Gasteiger partial charge in [-0.3, -0.25) is 24.6 Å². The van der Waals surface area contributed by atoms with E-state index in [9.17, 15) is 24.8 Å². The van der Waals surface area contributed by atoms with E-state index >= 15 is 0 Å². The standard InChI is InChI=1S/C26H20N2O8/c1-34-19-7-3-4-15(13-19)23-22(24(29)16-5-2-6-18(12-16)28(32)33)25(30)26(31)27(23)17-8-9-20-21(14-17)36-11-10-35-20/h2-9,12-14,23,29H,10-11H2,1H3/b24-22+. The zero-order valence-electron chi connectivity index (χ0n) is 19.0. The number of carbonyl (C=O) groups excluding carboxylic acids is 2. The normalized spacial score (nSPS) is 18.2. The van der Waals surface area contributed by atoms with Crippen LogP contribution in [0.15, 0.2) is 72.3 Å². The maximum Gasteiger partial charge on any atom is 0.300 e. The van der Waals surface area contributed by atoms with Gasteiger partial charge in [-0.1, -0.05) is 24.3 Å². The highest BCUT2D eigenvalue weighted by Crippen LogP contribution is 2.45. The molecular formula is C26H20N2O8. The second kappa shape index (κ2) is 9.06. The molecule has 2 aliphatic heterocycles. The molecule has 0 saturated carbocycles. The van der Waals surface area contributed by atoms with E-state index in [1.165, 1.54) is 30.2 Å². The van der Waals surface area contributed by atoms with Gasteiger partial charge in [-0.05, 0) is 29.8 Å². The molecule has 2 aliphatic rings. The number of nitrogens with zero attached hydrogens (tertiary/aromatic N) is 2. The van der Waals surface area contributed by atoms with Gasteiger partial charge in [-0.15, -0.1) is 0 Å². The molecule has 10 heteroatoms. The van der Waals surface area contributed by atoms with E-state index in [0.29, 0.717) is 41.7 Å². The monoisotopic (exact) mass is 488 g/mol. The number of aliphatic hydroxyl groups is 1. The lowest BCUT2D eigenvalue weighted by molar-refractivity contribution is -0.384. The predicted octanol–water partition coefficient (Wildman–Crippen LogP) is 4.00. The first-order chi connectivity index (χ1) is 17.4. The lowest BCUT2D eigenvalue weighted by Crippen LogP contribution is -2.29. The number of aliphatic hydroxyl groups excluding tert-OH is 1. The van der Waals surface area contributed by atoms with Gasteiger partial charge < -0.3 is 19.3 Å². The van der Waals surface area contributed by atoms with Crippen LogP contribution in [-0.2, 0) is 9.59 Å². The lowest BCUT2D eigenvalue weighted by atomic mass is 9.94. The van der Waals surface area contributed by atoms with Crippen molar-refractivity contribution in [3.8, 4) is 17.2 Å². The van der Waals surface area contributed by atoms with Crippen molar-refractivity contribution in [2.45, 2.75) is 6.04 Å². The Labute approximate surface area is 205 Å². The van der Waals surface area contributed by atoms with Gasteiger partial charge in [-0.25, -0.2) is 0 Å². The van der Waals surface area contributed by atoms with E-state index in [0.717, 1.165) is 6.07 Å². The number of anilines is 1. The van der Waals surface area contributed by atoms with E-state index in [1.807, 2.05) is 0 Å². The number of nitro groups is 1. The van der Waals surface area contributed by atoms with Crippen LogP contribution in [0.5, 0.6) is 17.2 Å². The minimum Gasteiger partial charge on any atom is -0.507 e. The van der Waals surface area contributed by atoms with Crippen LogP contribution >= 0.6 is 0 Å². The molecule has 1 fully saturated rings. The summed E-state index contributed by atoms with van der Waals surface area (Å²) in [7, 11) is 1.49. The van der Waals surface area contributed by atoms with Gasteiger partial charge in [0.1, 0.15) is 24.7 Å². The Hall–Kier alpha value is -4.86. The highest BCUT2D eigenvalue weighted by molar-refractivity contribution is 6.51. The first kappa shape index (κ1) is 22.9. The quantitative estimate of drug-likeness (QED) is 0.188. The average Bonchev–Trinajstić information content (AvgIpc) is 3.18. The molecule has 3 aromatic carbocycles. The Morgan fingerprint density at radius 3 is 2.53 bits per heavy atom. The van der Waals surface area contributed by atoms with Crippen molar-refractivity contribution in [1.29, 1.82) is 0 Å². The summed E-state index contributed by atoms with van der Waals surface area (Å²) in [5.41, 5.74) is 0.418. The summed E-state index contributed by atoms with van der Waals surface area (Å²) < 4.78 is 16.5. The fourth-order valence-corrected chi connectivity index (χ4v) is 4.33. The van der Waals surface area contributed by atoms with E-state index < -0.39 is 28.4 Å². The van der Waals surface area contributed by atoms with Crippen LogP contribution in [0.25, 0.3) is 5.76 Å². The van der Waals surface area contributed by atoms with Crippen LogP contribution < -0.4 is 19.1 Å². The van der Waals surface area contributed by atoms with Gasteiger partial charge >= 0.3 is 0 Å². The number of non-ortho nitro benzene ring substituents is 1. The summed E-state index contributed by atoms with van der Waals surface area (Å²) in [4.78, 5) is 38.6. The number of benzene rings is 3. The Morgan fingerprint density at radius 1 is 1.03 bits per heavy atom. The molecule has 0 radical (unpaired) electrons. The van der Waals surface area contributed by atoms with Crippen LogP contribution in [0, 0.1) is 10.1 Å². The van der Waals surface area contributed by atoms with E-state index in [2.05, 4.69) is 0 Å². The Morgan fingerprint density at radius 2 is 1.78 bits per heavy atom. The molecule has 3 aromatic rings. The summed E-state index contributed by atoms with van der Waals surface area (Å²) in [6.07, 6.45) is 0. The molecule has 2 heterocycles. The average molecular weight is 488 g/mol. The lowest BCUT2D eigenvalue weighted by Gasteiger charge is -2.27. The zero-order chi connectivity index (χ0) is 25.4. The predicted molar refractivity (Wildman–Crippen MR) is 128 cm³/mol. The third kappa shape index (κ3) is 3.88. The van der Waals surface area contributed by atoms with Crippen LogP contribution in [0.4, 0.5) is 11.4 Å². The third-order valence-corrected chi connectivity index (χ3v) is 5.99. The summed E-state index contributed by atoms with van der Waals surface area (Å²) in [5, 5.41) is 22.5. The first-order valence-electron chi connectivity index (χ1n) is 11.0. The van der Waals surface area contributed by atoms with Crippen LogP contribution in [0.1, 0.15) is 17.2 Å². The second-order valence-electron chi connectivity index (χ2n) is 8.08. The molecule has 1 unspecified atom stereocenters. The molecule has 1 saturated heterocycles. The van der Waals surface area contributed by atoms with Gasteiger partial charge in [0.05, 0.1) is 23.6 Å². The minimum absolute atomic E-state index is 0.0391. The maximum absolute atomic E-state index is 13.4. The van der Waals surface area contributed by atoms with Crippen molar-refractivity contribution in [1.82, 2.24) is 0 Å². The van der Waals surface area contributed by atoms with Crippen molar-refractivity contribution < 1.29 is 33.8 Å². The Balaban J connectivity index is 1.71. The van der Waals surface area contributed by atoms with Crippen LogP contribution in [-0.4, -0.2) is 42.0 Å². The van der Waals surface area contributed by atoms with E-state index in [4.69, 9.17) is 14.2 Å². The van der Waals surface area contributed by atoms with Gasteiger partial charge in [-0.2, -0.15) is 0 Å². The number of methoxy groups -OCH3 is 1. The van der Waals surface area contributed by atoms with Crippen LogP contribution in [0.2, 0.25) is 0 Å².